The SMILES string of the molecule is CCOC(=O)c1c(NC(=O)NC23CC4CC(CC(C4)C2)C3)sc(C)c1C. The Bertz CT molecular complexity index is 704. The molecule has 2 N–H and O–H groups in total. The third-order valence-corrected chi connectivity index (χ3v) is 7.63. The second kappa shape index (κ2) is 6.55. The first kappa shape index (κ1) is 17.8. The number of aryl methyl sites for hydroxylation is 1. The molecule has 5 rings (SSSR count). The third-order valence-electron chi connectivity index (χ3n) is 6.51. The molecule has 1 heterocycles. The normalized spacial score (nSPS) is 31.7. The Balaban J connectivity index is 1.49. The predicted molar refractivity (Wildman–Crippen MR) is 103 cm³/mol. The monoisotopic (exact) mass is 376 g/mol. The number of nitrogens with one attached hydrogen (secondary N) is 2. The summed E-state index contributed by atoms with van der Waals surface area (Å²) in [5, 5.41) is 6.86. The average molecular weight is 377 g/mol. The maximum atomic E-state index is 12.8. The number of esters is 1. The molecule has 26 heavy (non-hydrogen) atoms. The highest BCUT2D eigenvalue weighted by Gasteiger charge is 2.51. The van der Waals surface area contributed by atoms with Gasteiger partial charge in [-0.05, 0) is 82.6 Å². The van der Waals surface area contributed by atoms with Gasteiger partial charge in [-0.25, -0.2) is 9.59 Å². The molecule has 1 aromatic rings. The topological polar surface area (TPSA) is 67.4 Å². The van der Waals surface area contributed by atoms with Crippen LogP contribution in [0, 0.1) is 31.6 Å². The van der Waals surface area contributed by atoms with Gasteiger partial charge in [-0.15, -0.1) is 11.3 Å². The number of carbonyl (C=O) groups excluding carboxylic acids is 2. The summed E-state index contributed by atoms with van der Waals surface area (Å²) in [6.45, 7) is 5.98. The van der Waals surface area contributed by atoms with Crippen LogP contribution >= 0.6 is 11.3 Å². The van der Waals surface area contributed by atoms with Crippen LogP contribution in [0.4, 0.5) is 9.80 Å². The number of ether oxygens (including phenoxy) is 1. The molecule has 0 spiro atoms. The van der Waals surface area contributed by atoms with Gasteiger partial charge in [0.2, 0.25) is 0 Å². The highest BCUT2D eigenvalue weighted by molar-refractivity contribution is 7.16. The van der Waals surface area contributed by atoms with E-state index in [0.717, 1.165) is 47.5 Å². The van der Waals surface area contributed by atoms with Gasteiger partial charge >= 0.3 is 12.0 Å². The van der Waals surface area contributed by atoms with Crippen LogP contribution in [0.2, 0.25) is 0 Å². The number of anilines is 1. The molecule has 4 fully saturated rings. The molecule has 0 saturated heterocycles. The van der Waals surface area contributed by atoms with Crippen LogP contribution in [-0.4, -0.2) is 24.1 Å². The van der Waals surface area contributed by atoms with Crippen molar-refractivity contribution in [1.29, 1.82) is 0 Å². The lowest BCUT2D eigenvalue weighted by molar-refractivity contribution is -0.0127. The van der Waals surface area contributed by atoms with Crippen molar-refractivity contribution in [2.75, 3.05) is 11.9 Å². The van der Waals surface area contributed by atoms with Gasteiger partial charge in [0, 0.05) is 10.4 Å². The largest absolute Gasteiger partial charge is 0.462 e. The van der Waals surface area contributed by atoms with Crippen molar-refractivity contribution in [1.82, 2.24) is 5.32 Å². The zero-order valence-corrected chi connectivity index (χ0v) is 16.6. The average Bonchev–Trinajstić information content (AvgIpc) is 2.79. The molecule has 142 valence electrons. The quantitative estimate of drug-likeness (QED) is 0.753. The van der Waals surface area contributed by atoms with E-state index >= 15 is 0 Å². The van der Waals surface area contributed by atoms with E-state index in [-0.39, 0.29) is 17.5 Å². The van der Waals surface area contributed by atoms with Crippen molar-refractivity contribution in [2.24, 2.45) is 17.8 Å². The molecule has 0 radical (unpaired) electrons. The summed E-state index contributed by atoms with van der Waals surface area (Å²) in [6.07, 6.45) is 7.37. The number of hydrogen-bond donors (Lipinski definition) is 2. The van der Waals surface area contributed by atoms with Crippen LogP contribution in [0.1, 0.15) is 66.2 Å². The Hall–Kier alpha value is -1.56. The summed E-state index contributed by atoms with van der Waals surface area (Å²) < 4.78 is 5.17. The fraction of sp³-hybridized carbons (Fsp3) is 0.700. The van der Waals surface area contributed by atoms with Gasteiger partial charge in [-0.3, -0.25) is 5.32 Å². The van der Waals surface area contributed by atoms with Crippen molar-refractivity contribution in [3.05, 3.63) is 16.0 Å². The zero-order chi connectivity index (χ0) is 18.5. The first-order valence-electron chi connectivity index (χ1n) is 9.75. The van der Waals surface area contributed by atoms with Gasteiger partial charge < -0.3 is 10.1 Å². The van der Waals surface area contributed by atoms with E-state index in [4.69, 9.17) is 4.74 Å². The fourth-order valence-corrected chi connectivity index (χ4v) is 6.85. The van der Waals surface area contributed by atoms with E-state index in [1.807, 2.05) is 13.8 Å². The van der Waals surface area contributed by atoms with Crippen LogP contribution in [0.15, 0.2) is 0 Å². The van der Waals surface area contributed by atoms with Gasteiger partial charge in [0.25, 0.3) is 0 Å². The minimum atomic E-state index is -0.362. The lowest BCUT2D eigenvalue weighted by Gasteiger charge is -2.56. The first-order chi connectivity index (χ1) is 12.4. The summed E-state index contributed by atoms with van der Waals surface area (Å²) in [7, 11) is 0. The van der Waals surface area contributed by atoms with Crippen molar-refractivity contribution < 1.29 is 14.3 Å². The smallest absolute Gasteiger partial charge is 0.341 e. The lowest BCUT2D eigenvalue weighted by Crippen LogP contribution is -2.60. The van der Waals surface area contributed by atoms with E-state index < -0.39 is 0 Å². The maximum Gasteiger partial charge on any atom is 0.341 e. The molecule has 5 nitrogen and oxygen atoms in total. The van der Waals surface area contributed by atoms with Gasteiger partial charge in [0.05, 0.1) is 12.2 Å². The summed E-state index contributed by atoms with van der Waals surface area (Å²) in [5.41, 5.74) is 1.35. The lowest BCUT2D eigenvalue weighted by atomic mass is 9.53. The fourth-order valence-electron chi connectivity index (χ4n) is 5.80. The molecule has 4 saturated carbocycles. The molecular weight excluding hydrogens is 348 g/mol. The number of thiophene rings is 1. The van der Waals surface area contributed by atoms with E-state index in [9.17, 15) is 9.59 Å². The van der Waals surface area contributed by atoms with E-state index in [1.54, 1.807) is 6.92 Å². The minimum Gasteiger partial charge on any atom is -0.462 e. The summed E-state index contributed by atoms with van der Waals surface area (Å²) in [4.78, 5) is 26.1. The molecule has 0 unspecified atom stereocenters. The molecule has 6 heteroatoms. The zero-order valence-electron chi connectivity index (χ0n) is 15.8. The number of hydrogen-bond acceptors (Lipinski definition) is 4. The van der Waals surface area contributed by atoms with Crippen LogP contribution < -0.4 is 10.6 Å². The number of amides is 2. The van der Waals surface area contributed by atoms with Crippen LogP contribution in [0.25, 0.3) is 0 Å². The van der Waals surface area contributed by atoms with E-state index in [1.165, 1.54) is 30.6 Å². The second-order valence-corrected chi connectivity index (χ2v) is 9.71. The van der Waals surface area contributed by atoms with Gasteiger partial charge in [-0.1, -0.05) is 0 Å². The minimum absolute atomic E-state index is 0.0374. The van der Waals surface area contributed by atoms with Crippen molar-refractivity contribution in [3.63, 3.8) is 0 Å². The van der Waals surface area contributed by atoms with Crippen molar-refractivity contribution in [2.45, 2.75) is 64.8 Å². The van der Waals surface area contributed by atoms with Crippen molar-refractivity contribution in [3.8, 4) is 0 Å². The Kier molecular flexibility index (Phi) is 4.49. The van der Waals surface area contributed by atoms with E-state index in [2.05, 4.69) is 10.6 Å². The standard InChI is InChI=1S/C20H28N2O3S/c1-4-25-18(23)16-11(2)12(3)26-17(16)21-19(24)22-20-8-13-5-14(9-20)7-15(6-13)10-20/h13-15H,4-10H2,1-3H3,(H2,21,22,24). The highest BCUT2D eigenvalue weighted by Crippen LogP contribution is 2.55. The number of rotatable bonds is 4. The number of carbonyl (C=O) groups is 2. The number of urea groups is 1. The van der Waals surface area contributed by atoms with Gasteiger partial charge in [-0.2, -0.15) is 0 Å². The van der Waals surface area contributed by atoms with Crippen molar-refractivity contribution >= 4 is 28.3 Å². The van der Waals surface area contributed by atoms with Gasteiger partial charge in [0.15, 0.2) is 0 Å². The van der Waals surface area contributed by atoms with Gasteiger partial charge in [0.1, 0.15) is 5.00 Å². The Morgan fingerprint density at radius 2 is 1.69 bits per heavy atom. The predicted octanol–water partition coefficient (Wildman–Crippen LogP) is 4.63. The molecule has 2 amide bonds. The van der Waals surface area contributed by atoms with E-state index in [0.29, 0.717) is 17.2 Å². The molecular formula is C20H28N2O3S. The molecule has 4 aliphatic carbocycles. The van der Waals surface area contributed by atoms with Crippen LogP contribution in [-0.2, 0) is 4.74 Å². The van der Waals surface area contributed by atoms with Crippen LogP contribution in [0.5, 0.6) is 0 Å². The molecule has 1 aromatic heterocycles. The molecule has 4 bridgehead atoms. The molecule has 0 aliphatic heterocycles. The third kappa shape index (κ3) is 3.13. The molecule has 0 atom stereocenters. The molecule has 0 aromatic carbocycles. The maximum absolute atomic E-state index is 12.8. The summed E-state index contributed by atoms with van der Waals surface area (Å²) in [5.74, 6) is 1.98. The highest BCUT2D eigenvalue weighted by atomic mass is 32.1. The second-order valence-electron chi connectivity index (χ2n) is 8.48. The Morgan fingerprint density at radius 3 is 2.23 bits per heavy atom. The first-order valence-corrected chi connectivity index (χ1v) is 10.6. The van der Waals surface area contributed by atoms with Crippen LogP contribution in [0.3, 0.4) is 0 Å². The summed E-state index contributed by atoms with van der Waals surface area (Å²) >= 11 is 1.44. The molecule has 4 aliphatic rings. The summed E-state index contributed by atoms with van der Waals surface area (Å²) in [6, 6.07) is -0.182. The Labute approximate surface area is 158 Å². The Morgan fingerprint density at radius 1 is 1.12 bits per heavy atom.